The van der Waals surface area contributed by atoms with E-state index in [1.807, 2.05) is 6.07 Å². The van der Waals surface area contributed by atoms with Crippen LogP contribution in [0, 0.1) is 11.3 Å². The lowest BCUT2D eigenvalue weighted by Gasteiger charge is -2.33. The molecule has 8 heteroatoms. The zero-order valence-electron chi connectivity index (χ0n) is 16.3. The van der Waals surface area contributed by atoms with Crippen molar-refractivity contribution in [3.05, 3.63) is 53.6 Å². The van der Waals surface area contributed by atoms with E-state index in [2.05, 4.69) is 15.5 Å². The Hall–Kier alpha value is -3.86. The number of nitriles is 1. The highest BCUT2D eigenvalue weighted by Gasteiger charge is 2.36. The molecular formula is C22H20N4O4. The van der Waals surface area contributed by atoms with Crippen LogP contribution in [0.4, 0.5) is 17.1 Å². The van der Waals surface area contributed by atoms with Crippen molar-refractivity contribution in [3.8, 4) is 6.07 Å². The van der Waals surface area contributed by atoms with E-state index in [-0.39, 0.29) is 17.5 Å². The summed E-state index contributed by atoms with van der Waals surface area (Å²) in [6.07, 6.45) is 0.723. The number of benzene rings is 2. The summed E-state index contributed by atoms with van der Waals surface area (Å²) in [7, 11) is 0. The van der Waals surface area contributed by atoms with Crippen LogP contribution < -0.4 is 15.5 Å². The molecule has 0 radical (unpaired) electrons. The molecule has 2 aliphatic heterocycles. The van der Waals surface area contributed by atoms with Crippen LogP contribution in [0.3, 0.4) is 0 Å². The molecule has 8 nitrogen and oxygen atoms in total. The molecule has 0 aliphatic carbocycles. The third-order valence-electron chi connectivity index (χ3n) is 5.27. The van der Waals surface area contributed by atoms with Crippen molar-refractivity contribution in [2.24, 2.45) is 0 Å². The molecule has 2 heterocycles. The fourth-order valence-corrected chi connectivity index (χ4v) is 3.75. The number of rotatable bonds is 4. The maximum atomic E-state index is 12.5. The molecule has 2 aliphatic rings. The van der Waals surface area contributed by atoms with Gasteiger partial charge in [0, 0.05) is 12.2 Å². The number of amides is 2. The molecular weight excluding hydrogens is 384 g/mol. The van der Waals surface area contributed by atoms with Gasteiger partial charge in [-0.3, -0.25) is 9.59 Å². The molecule has 1 saturated heterocycles. The number of carbonyl (C=O) groups is 3. The van der Waals surface area contributed by atoms with Crippen molar-refractivity contribution < 1.29 is 19.1 Å². The van der Waals surface area contributed by atoms with Crippen molar-refractivity contribution in [1.29, 1.82) is 5.26 Å². The normalized spacial score (nSPS) is 17.8. The lowest BCUT2D eigenvalue weighted by atomic mass is 10.1. The maximum Gasteiger partial charge on any atom is 0.338 e. The average Bonchev–Trinajstić information content (AvgIpc) is 3.24. The smallest absolute Gasteiger partial charge is 0.338 e. The lowest BCUT2D eigenvalue weighted by Crippen LogP contribution is -2.43. The van der Waals surface area contributed by atoms with Crippen LogP contribution in [0.25, 0.3) is 0 Å². The van der Waals surface area contributed by atoms with Gasteiger partial charge in [-0.15, -0.1) is 0 Å². The van der Waals surface area contributed by atoms with E-state index in [1.165, 1.54) is 13.0 Å². The summed E-state index contributed by atoms with van der Waals surface area (Å²) in [5.74, 6) is -1.24. The second-order valence-corrected chi connectivity index (χ2v) is 7.30. The highest BCUT2D eigenvalue weighted by atomic mass is 16.5. The summed E-state index contributed by atoms with van der Waals surface area (Å²) < 4.78 is 5.29. The van der Waals surface area contributed by atoms with Gasteiger partial charge < -0.3 is 20.3 Å². The number of hydrogen-bond donors (Lipinski definition) is 2. The molecule has 0 aromatic heterocycles. The molecule has 4 rings (SSSR count). The largest absolute Gasteiger partial charge is 0.449 e. The molecule has 152 valence electrons. The number of fused-ring (bicyclic) bond motifs is 3. The summed E-state index contributed by atoms with van der Waals surface area (Å²) in [4.78, 5) is 39.2. The minimum Gasteiger partial charge on any atom is -0.449 e. The first kappa shape index (κ1) is 19.5. The van der Waals surface area contributed by atoms with Crippen LogP contribution in [0.2, 0.25) is 0 Å². The first-order valence-corrected chi connectivity index (χ1v) is 9.70. The van der Waals surface area contributed by atoms with Gasteiger partial charge in [0.25, 0.3) is 5.91 Å². The van der Waals surface area contributed by atoms with E-state index in [0.717, 1.165) is 25.1 Å². The second kappa shape index (κ2) is 7.87. The van der Waals surface area contributed by atoms with Crippen LogP contribution in [0.15, 0.2) is 42.5 Å². The van der Waals surface area contributed by atoms with E-state index >= 15 is 0 Å². The van der Waals surface area contributed by atoms with Gasteiger partial charge in [-0.25, -0.2) is 4.79 Å². The molecule has 2 aromatic carbocycles. The van der Waals surface area contributed by atoms with Crippen LogP contribution in [0.1, 0.15) is 35.7 Å². The average molecular weight is 404 g/mol. The Labute approximate surface area is 173 Å². The predicted molar refractivity (Wildman–Crippen MR) is 110 cm³/mol. The lowest BCUT2D eigenvalue weighted by molar-refractivity contribution is -0.123. The molecule has 2 N–H and O–H groups in total. The summed E-state index contributed by atoms with van der Waals surface area (Å²) in [6, 6.07) is 13.3. The third kappa shape index (κ3) is 3.70. The minimum atomic E-state index is -1.04. The molecule has 1 fully saturated rings. The van der Waals surface area contributed by atoms with Crippen LogP contribution in [0.5, 0.6) is 0 Å². The Balaban J connectivity index is 1.43. The summed E-state index contributed by atoms with van der Waals surface area (Å²) >= 11 is 0. The van der Waals surface area contributed by atoms with Gasteiger partial charge in [0.2, 0.25) is 5.91 Å². The number of esters is 1. The highest BCUT2D eigenvalue weighted by molar-refractivity contribution is 6.05. The molecule has 0 saturated carbocycles. The summed E-state index contributed by atoms with van der Waals surface area (Å²) in [6.45, 7) is 2.27. The van der Waals surface area contributed by atoms with Gasteiger partial charge in [0.1, 0.15) is 6.04 Å². The SMILES string of the molecule is C[C@@H](OC(=O)c1ccc2c(c1)NC(=O)[C@H]1CCCN21)C(=O)Nc1cccc(C#N)c1. The molecule has 30 heavy (non-hydrogen) atoms. The number of nitrogens with one attached hydrogen (secondary N) is 2. The minimum absolute atomic E-state index is 0.0714. The standard InChI is InChI=1S/C22H20N4O4/c1-13(20(27)24-16-5-2-4-14(10-16)12-23)30-22(29)15-7-8-18-17(11-15)25-21(28)19-6-3-9-26(18)19/h2,4-5,7-8,10-11,13,19H,3,6,9H2,1H3,(H,24,27)(H,25,28)/t13-,19-/m1/s1. The molecule has 2 amide bonds. The molecule has 0 spiro atoms. The monoisotopic (exact) mass is 404 g/mol. The Morgan fingerprint density at radius 3 is 2.93 bits per heavy atom. The van der Waals surface area contributed by atoms with Gasteiger partial charge in [0.15, 0.2) is 6.10 Å². The highest BCUT2D eigenvalue weighted by Crippen LogP contribution is 2.37. The van der Waals surface area contributed by atoms with Gasteiger partial charge in [0.05, 0.1) is 28.6 Å². The van der Waals surface area contributed by atoms with Crippen molar-refractivity contribution in [1.82, 2.24) is 0 Å². The second-order valence-electron chi connectivity index (χ2n) is 7.30. The Morgan fingerprint density at radius 1 is 1.30 bits per heavy atom. The first-order valence-electron chi connectivity index (χ1n) is 9.70. The number of anilines is 3. The summed E-state index contributed by atoms with van der Waals surface area (Å²) in [5.41, 5.74) is 2.56. The maximum absolute atomic E-state index is 12.5. The zero-order chi connectivity index (χ0) is 21.3. The Morgan fingerprint density at radius 2 is 2.13 bits per heavy atom. The zero-order valence-corrected chi connectivity index (χ0v) is 16.3. The van der Waals surface area contributed by atoms with Gasteiger partial charge in [-0.05, 0) is 56.2 Å². The number of carbonyl (C=O) groups excluding carboxylic acids is 3. The molecule has 0 unspecified atom stereocenters. The van der Waals surface area contributed by atoms with Crippen LogP contribution in [-0.4, -0.2) is 36.5 Å². The number of hydrogen-bond acceptors (Lipinski definition) is 6. The topological polar surface area (TPSA) is 112 Å². The molecule has 2 atom stereocenters. The fourth-order valence-electron chi connectivity index (χ4n) is 3.75. The van der Waals surface area contributed by atoms with Gasteiger partial charge in [-0.1, -0.05) is 6.07 Å². The third-order valence-corrected chi connectivity index (χ3v) is 5.27. The van der Waals surface area contributed by atoms with Crippen molar-refractivity contribution >= 4 is 34.8 Å². The predicted octanol–water partition coefficient (Wildman–Crippen LogP) is 2.66. The fraction of sp³-hybridized carbons (Fsp3) is 0.273. The van der Waals surface area contributed by atoms with Crippen molar-refractivity contribution in [2.45, 2.75) is 31.9 Å². The van der Waals surface area contributed by atoms with Crippen LogP contribution in [-0.2, 0) is 14.3 Å². The molecule has 2 aromatic rings. The van der Waals surface area contributed by atoms with Crippen LogP contribution >= 0.6 is 0 Å². The van der Waals surface area contributed by atoms with Crippen molar-refractivity contribution in [3.63, 3.8) is 0 Å². The number of nitrogens with zero attached hydrogens (tertiary/aromatic N) is 2. The van der Waals surface area contributed by atoms with Gasteiger partial charge in [-0.2, -0.15) is 5.26 Å². The van der Waals surface area contributed by atoms with E-state index in [1.54, 1.807) is 36.4 Å². The van der Waals surface area contributed by atoms with E-state index in [4.69, 9.17) is 10.00 Å². The first-order chi connectivity index (χ1) is 14.5. The Kier molecular flexibility index (Phi) is 5.11. The summed E-state index contributed by atoms with van der Waals surface area (Å²) in [5, 5.41) is 14.4. The van der Waals surface area contributed by atoms with E-state index in [0.29, 0.717) is 16.9 Å². The van der Waals surface area contributed by atoms with Crippen molar-refractivity contribution in [2.75, 3.05) is 22.1 Å². The molecule has 0 bridgehead atoms. The van der Waals surface area contributed by atoms with E-state index < -0.39 is 18.0 Å². The van der Waals surface area contributed by atoms with E-state index in [9.17, 15) is 14.4 Å². The Bertz CT molecular complexity index is 1080. The number of ether oxygens (including phenoxy) is 1. The van der Waals surface area contributed by atoms with Gasteiger partial charge >= 0.3 is 5.97 Å². The quantitative estimate of drug-likeness (QED) is 0.758.